The van der Waals surface area contributed by atoms with E-state index >= 15 is 0 Å². The largest absolute Gasteiger partial charge is 0.461 e. The number of hydrogen-bond donors (Lipinski definition) is 2. The predicted molar refractivity (Wildman–Crippen MR) is 135 cm³/mol. The second-order valence-corrected chi connectivity index (χ2v) is 8.44. The van der Waals surface area contributed by atoms with E-state index in [-0.39, 0.29) is 24.2 Å². The maximum Gasteiger partial charge on any atom is 0.247 e. The van der Waals surface area contributed by atoms with Gasteiger partial charge in [0.1, 0.15) is 17.4 Å². The molecule has 9 heteroatoms. The van der Waals surface area contributed by atoms with Gasteiger partial charge in [0.2, 0.25) is 11.9 Å². The molecule has 2 N–H and O–H groups in total. The van der Waals surface area contributed by atoms with Crippen LogP contribution in [0.3, 0.4) is 0 Å². The van der Waals surface area contributed by atoms with Gasteiger partial charge in [0.05, 0.1) is 6.54 Å². The highest BCUT2D eigenvalue weighted by atomic mass is 32.1. The number of benzene rings is 1. The summed E-state index contributed by atoms with van der Waals surface area (Å²) in [5, 5.41) is 19.4. The third-order valence-electron chi connectivity index (χ3n) is 5.29. The van der Waals surface area contributed by atoms with Gasteiger partial charge in [-0.1, -0.05) is 13.8 Å². The summed E-state index contributed by atoms with van der Waals surface area (Å²) in [7, 11) is 0. The topological polar surface area (TPSA) is 111 Å². The average molecular weight is 480 g/mol. The summed E-state index contributed by atoms with van der Waals surface area (Å²) in [6.45, 7) is 6.43. The summed E-state index contributed by atoms with van der Waals surface area (Å²) < 4.78 is 5.59. The van der Waals surface area contributed by atoms with Crippen LogP contribution in [0.25, 0.3) is 11.0 Å². The van der Waals surface area contributed by atoms with E-state index < -0.39 is 6.04 Å². The van der Waals surface area contributed by atoms with Crippen molar-refractivity contribution < 1.29 is 14.0 Å². The first-order valence-corrected chi connectivity index (χ1v) is 12.3. The zero-order chi connectivity index (χ0) is 24.5. The third kappa shape index (κ3) is 6.23. The molecule has 3 aromatic rings. The molecular formula is C25H29N5O3S. The first-order valence-electron chi connectivity index (χ1n) is 11.4. The Balaban J connectivity index is 0.00000158. The Morgan fingerprint density at radius 1 is 1.29 bits per heavy atom. The van der Waals surface area contributed by atoms with Crippen molar-refractivity contribution in [1.82, 2.24) is 10.2 Å². The van der Waals surface area contributed by atoms with E-state index in [9.17, 15) is 14.9 Å². The number of anilines is 1. The molecule has 1 aliphatic heterocycles. The lowest BCUT2D eigenvalue weighted by molar-refractivity contribution is -0.131. The summed E-state index contributed by atoms with van der Waals surface area (Å²) >= 11 is 1.45. The number of furan rings is 1. The number of aliphatic imine (C=N–C) groups is 1. The molecule has 2 aromatic heterocycles. The van der Waals surface area contributed by atoms with Crippen molar-refractivity contribution in [2.75, 3.05) is 18.4 Å². The van der Waals surface area contributed by atoms with E-state index in [2.05, 4.69) is 15.6 Å². The lowest BCUT2D eigenvalue weighted by Gasteiger charge is -2.22. The number of nitrogens with zero attached hydrogens (tertiary/aromatic N) is 3. The smallest absolute Gasteiger partial charge is 0.247 e. The van der Waals surface area contributed by atoms with Crippen LogP contribution in [0, 0.1) is 18.4 Å². The monoisotopic (exact) mass is 479 g/mol. The molecule has 1 aliphatic rings. The summed E-state index contributed by atoms with van der Waals surface area (Å²) in [5.41, 5.74) is 2.10. The minimum absolute atomic E-state index is 0.0343. The van der Waals surface area contributed by atoms with Crippen LogP contribution in [0.4, 0.5) is 5.69 Å². The van der Waals surface area contributed by atoms with Crippen molar-refractivity contribution >= 4 is 45.6 Å². The summed E-state index contributed by atoms with van der Waals surface area (Å²) in [6.07, 6.45) is 4.04. The molecule has 1 unspecified atom stereocenters. The molecule has 1 amide bonds. The SMILES string of the molecule is CC.Cc1cc2cc(NC(=NC3CCCCN(CC(=O)c4ccsc4)C3=O)NC#N)ccc2o1. The number of nitriles is 1. The zero-order valence-electron chi connectivity index (χ0n) is 19.6. The van der Waals surface area contributed by atoms with Gasteiger partial charge in [-0.15, -0.1) is 0 Å². The number of thiophene rings is 1. The van der Waals surface area contributed by atoms with E-state index in [1.807, 2.05) is 56.6 Å². The summed E-state index contributed by atoms with van der Waals surface area (Å²) in [5.74, 6) is 0.714. The summed E-state index contributed by atoms with van der Waals surface area (Å²) in [6, 6.07) is 8.57. The van der Waals surface area contributed by atoms with E-state index in [0.29, 0.717) is 24.2 Å². The molecule has 1 saturated heterocycles. The van der Waals surface area contributed by atoms with Crippen LogP contribution in [-0.2, 0) is 4.79 Å². The van der Waals surface area contributed by atoms with Crippen molar-refractivity contribution in [3.05, 3.63) is 52.4 Å². The highest BCUT2D eigenvalue weighted by Crippen LogP contribution is 2.23. The number of carbonyl (C=O) groups is 2. The number of aryl methyl sites for hydroxylation is 1. The fraction of sp³-hybridized carbons (Fsp3) is 0.360. The predicted octanol–water partition coefficient (Wildman–Crippen LogP) is 4.93. The Morgan fingerprint density at radius 3 is 2.85 bits per heavy atom. The number of rotatable bonds is 5. The minimum atomic E-state index is -0.670. The Labute approximate surface area is 203 Å². The number of likely N-dealkylation sites (tertiary alicyclic amines) is 1. The quantitative estimate of drug-likeness (QED) is 0.176. The number of Topliss-reactive ketones (excluding diaryl/α,β-unsaturated/α-hetero) is 1. The molecule has 3 heterocycles. The number of hydrogen-bond acceptors (Lipinski definition) is 6. The van der Waals surface area contributed by atoms with Crippen LogP contribution in [0.1, 0.15) is 49.2 Å². The molecule has 1 fully saturated rings. The van der Waals surface area contributed by atoms with Gasteiger partial charge in [0, 0.05) is 28.6 Å². The molecule has 1 aromatic carbocycles. The second kappa shape index (κ2) is 12.0. The molecule has 8 nitrogen and oxygen atoms in total. The molecular weight excluding hydrogens is 450 g/mol. The third-order valence-corrected chi connectivity index (χ3v) is 5.97. The van der Waals surface area contributed by atoms with Crippen LogP contribution in [-0.4, -0.2) is 41.7 Å². The average Bonchev–Trinajstić information content (AvgIpc) is 3.46. The van der Waals surface area contributed by atoms with Crippen molar-refractivity contribution in [3.8, 4) is 6.19 Å². The van der Waals surface area contributed by atoms with Crippen molar-refractivity contribution in [3.63, 3.8) is 0 Å². The molecule has 0 aliphatic carbocycles. The van der Waals surface area contributed by atoms with E-state index in [4.69, 9.17) is 4.42 Å². The highest BCUT2D eigenvalue weighted by Gasteiger charge is 2.28. The molecule has 1 atom stereocenters. The highest BCUT2D eigenvalue weighted by molar-refractivity contribution is 7.08. The number of amides is 1. The van der Waals surface area contributed by atoms with Crippen LogP contribution in [0.5, 0.6) is 0 Å². The van der Waals surface area contributed by atoms with Crippen LogP contribution in [0.15, 0.2) is 50.5 Å². The number of fused-ring (bicyclic) bond motifs is 1. The molecule has 178 valence electrons. The van der Waals surface area contributed by atoms with Crippen LogP contribution >= 0.6 is 11.3 Å². The van der Waals surface area contributed by atoms with Gasteiger partial charge in [-0.2, -0.15) is 16.6 Å². The van der Waals surface area contributed by atoms with Crippen molar-refractivity contribution in [2.24, 2.45) is 4.99 Å². The first-order chi connectivity index (χ1) is 16.5. The molecule has 34 heavy (non-hydrogen) atoms. The zero-order valence-corrected chi connectivity index (χ0v) is 20.4. The van der Waals surface area contributed by atoms with Gasteiger partial charge < -0.3 is 14.6 Å². The van der Waals surface area contributed by atoms with Gasteiger partial charge in [-0.05, 0) is 61.9 Å². The standard InChI is InChI=1S/C23H23N5O3S.C2H6/c1-15-10-17-11-18(5-6-21(17)31-15)26-23(25-14-24)27-19-4-2-3-8-28(22(19)30)12-20(29)16-7-9-32-13-16;1-2/h5-7,9-11,13,19H,2-4,8,12H2,1H3,(H2,25,26,27);1-2H3. The Hall–Kier alpha value is -3.64. The lowest BCUT2D eigenvalue weighted by atomic mass is 10.1. The normalized spacial score (nSPS) is 16.3. The molecule has 0 radical (unpaired) electrons. The Bertz CT molecular complexity index is 1190. The Morgan fingerprint density at radius 2 is 2.12 bits per heavy atom. The van der Waals surface area contributed by atoms with Gasteiger partial charge >= 0.3 is 0 Å². The maximum atomic E-state index is 13.1. The maximum absolute atomic E-state index is 13.1. The lowest BCUT2D eigenvalue weighted by Crippen LogP contribution is -2.41. The minimum Gasteiger partial charge on any atom is -0.461 e. The summed E-state index contributed by atoms with van der Waals surface area (Å²) in [4.78, 5) is 31.7. The van der Waals surface area contributed by atoms with E-state index in [1.165, 1.54) is 11.3 Å². The number of ketones is 1. The fourth-order valence-corrected chi connectivity index (χ4v) is 4.40. The van der Waals surface area contributed by atoms with E-state index in [1.54, 1.807) is 16.3 Å². The van der Waals surface area contributed by atoms with E-state index in [0.717, 1.165) is 29.6 Å². The molecule has 0 bridgehead atoms. The number of carbonyl (C=O) groups excluding carboxylic acids is 2. The van der Waals surface area contributed by atoms with Gasteiger partial charge in [0.15, 0.2) is 12.0 Å². The van der Waals surface area contributed by atoms with Crippen LogP contribution in [0.2, 0.25) is 0 Å². The van der Waals surface area contributed by atoms with Gasteiger partial charge in [-0.3, -0.25) is 14.9 Å². The van der Waals surface area contributed by atoms with Gasteiger partial charge in [-0.25, -0.2) is 4.99 Å². The fourth-order valence-electron chi connectivity index (χ4n) is 3.74. The van der Waals surface area contributed by atoms with Crippen molar-refractivity contribution in [1.29, 1.82) is 5.26 Å². The van der Waals surface area contributed by atoms with Crippen LogP contribution < -0.4 is 10.6 Å². The van der Waals surface area contributed by atoms with Gasteiger partial charge in [0.25, 0.3) is 0 Å². The molecule has 4 rings (SSSR count). The molecule has 0 saturated carbocycles. The number of guanidine groups is 1. The second-order valence-electron chi connectivity index (χ2n) is 7.66. The Kier molecular flexibility index (Phi) is 8.82. The molecule has 0 spiro atoms. The van der Waals surface area contributed by atoms with Crippen molar-refractivity contribution in [2.45, 2.75) is 46.1 Å². The first kappa shape index (κ1) is 25.0. The number of nitrogens with one attached hydrogen (secondary N) is 2.